The molecule has 0 bridgehead atoms. The predicted molar refractivity (Wildman–Crippen MR) is 150 cm³/mol. The van der Waals surface area contributed by atoms with Crippen LogP contribution in [0.15, 0.2) is 79.4 Å². The molecular weight excluding hydrogens is 512 g/mol. The maximum Gasteiger partial charge on any atom is 0.343 e. The summed E-state index contributed by atoms with van der Waals surface area (Å²) >= 11 is 0. The van der Waals surface area contributed by atoms with Crippen molar-refractivity contribution in [2.45, 2.75) is 39.0 Å². The molecule has 0 aromatic heterocycles. The van der Waals surface area contributed by atoms with Crippen LogP contribution in [0.25, 0.3) is 0 Å². The van der Waals surface area contributed by atoms with Crippen LogP contribution in [-0.4, -0.2) is 38.2 Å². The van der Waals surface area contributed by atoms with Gasteiger partial charge in [-0.15, -0.1) is 0 Å². The second-order valence-electron chi connectivity index (χ2n) is 8.84. The Labute approximate surface area is 234 Å². The minimum absolute atomic E-state index is 0.168. The van der Waals surface area contributed by atoms with E-state index >= 15 is 0 Å². The van der Waals surface area contributed by atoms with Crippen LogP contribution in [-0.2, 0) is 16.0 Å². The Morgan fingerprint density at radius 2 is 1.40 bits per heavy atom. The molecule has 210 valence electrons. The molecule has 0 amide bonds. The molecule has 0 saturated heterocycles. The number of benzene rings is 3. The molecule has 0 aliphatic carbocycles. The average Bonchev–Trinajstić information content (AvgIpc) is 2.98. The molecule has 40 heavy (non-hydrogen) atoms. The predicted octanol–water partition coefficient (Wildman–Crippen LogP) is 6.36. The quantitative estimate of drug-likeness (QED) is 0.0940. The maximum absolute atomic E-state index is 12.7. The summed E-state index contributed by atoms with van der Waals surface area (Å²) in [6.45, 7) is 6.22. The Bertz CT molecular complexity index is 1280. The Morgan fingerprint density at radius 3 is 2.08 bits per heavy atom. The van der Waals surface area contributed by atoms with Crippen LogP contribution in [0, 0.1) is 0 Å². The first-order valence-corrected chi connectivity index (χ1v) is 13.2. The standard InChI is InChI=1S/C32H34O8/c1-4-6-9-23-10-15-27(16-11-23)39-32(35)25-14-19-28(29(22-25)36-3)40-31(34)24-12-17-26(18-13-24)37-20-7-8-21-38-30(33)5-2/h5,10-19,22H,2,4,6-9,20-21H2,1,3H3. The number of esters is 3. The lowest BCUT2D eigenvalue weighted by Gasteiger charge is -2.12. The molecular formula is C32H34O8. The van der Waals surface area contributed by atoms with Gasteiger partial charge in [-0.2, -0.15) is 0 Å². The van der Waals surface area contributed by atoms with Gasteiger partial charge in [0.15, 0.2) is 11.5 Å². The topological polar surface area (TPSA) is 97.4 Å². The van der Waals surface area contributed by atoms with Gasteiger partial charge in [-0.1, -0.05) is 32.1 Å². The summed E-state index contributed by atoms with van der Waals surface area (Å²) in [7, 11) is 1.42. The van der Waals surface area contributed by atoms with Crippen molar-refractivity contribution < 1.29 is 38.1 Å². The van der Waals surface area contributed by atoms with E-state index in [4.69, 9.17) is 23.7 Å². The van der Waals surface area contributed by atoms with Gasteiger partial charge >= 0.3 is 17.9 Å². The number of aryl methyl sites for hydroxylation is 1. The zero-order valence-corrected chi connectivity index (χ0v) is 22.9. The zero-order chi connectivity index (χ0) is 28.7. The minimum atomic E-state index is -0.590. The molecule has 0 heterocycles. The molecule has 0 spiro atoms. The van der Waals surface area contributed by atoms with Crippen LogP contribution in [0.3, 0.4) is 0 Å². The van der Waals surface area contributed by atoms with Crippen molar-refractivity contribution in [1.82, 2.24) is 0 Å². The lowest BCUT2D eigenvalue weighted by atomic mass is 10.1. The van der Waals surface area contributed by atoms with Crippen molar-refractivity contribution in [3.8, 4) is 23.0 Å². The van der Waals surface area contributed by atoms with Gasteiger partial charge in [-0.05, 0) is 85.8 Å². The van der Waals surface area contributed by atoms with Crippen molar-refractivity contribution in [3.05, 3.63) is 96.1 Å². The summed E-state index contributed by atoms with van der Waals surface area (Å²) < 4.78 is 26.9. The Morgan fingerprint density at radius 1 is 0.750 bits per heavy atom. The van der Waals surface area contributed by atoms with E-state index in [2.05, 4.69) is 13.5 Å². The van der Waals surface area contributed by atoms with Crippen molar-refractivity contribution in [2.75, 3.05) is 20.3 Å². The Hall–Kier alpha value is -4.59. The smallest absolute Gasteiger partial charge is 0.343 e. The van der Waals surface area contributed by atoms with E-state index in [0.717, 1.165) is 25.3 Å². The van der Waals surface area contributed by atoms with Crippen LogP contribution in [0.5, 0.6) is 23.0 Å². The number of hydrogen-bond acceptors (Lipinski definition) is 8. The average molecular weight is 547 g/mol. The van der Waals surface area contributed by atoms with E-state index in [-0.39, 0.29) is 17.1 Å². The summed E-state index contributed by atoms with van der Waals surface area (Å²) in [5.41, 5.74) is 1.76. The zero-order valence-electron chi connectivity index (χ0n) is 22.9. The number of rotatable bonds is 15. The van der Waals surface area contributed by atoms with E-state index in [9.17, 15) is 14.4 Å². The van der Waals surface area contributed by atoms with Gasteiger partial charge in [-0.3, -0.25) is 0 Å². The summed E-state index contributed by atoms with van der Waals surface area (Å²) in [6.07, 6.45) is 5.69. The molecule has 0 aliphatic heterocycles. The van der Waals surface area contributed by atoms with Crippen LogP contribution in [0.2, 0.25) is 0 Å². The lowest BCUT2D eigenvalue weighted by molar-refractivity contribution is -0.137. The lowest BCUT2D eigenvalue weighted by Crippen LogP contribution is -2.11. The first-order chi connectivity index (χ1) is 19.4. The molecule has 0 fully saturated rings. The number of carbonyl (C=O) groups excluding carboxylic acids is 3. The third-order valence-electron chi connectivity index (χ3n) is 5.86. The SMILES string of the molecule is C=CC(=O)OCCCCOc1ccc(C(=O)Oc2ccc(C(=O)Oc3ccc(CCCC)cc3)cc2OC)cc1. The van der Waals surface area contributed by atoms with Crippen molar-refractivity contribution >= 4 is 17.9 Å². The number of carbonyl (C=O) groups is 3. The van der Waals surface area contributed by atoms with Gasteiger partial charge in [0.05, 0.1) is 31.5 Å². The Balaban J connectivity index is 1.52. The molecule has 3 aromatic rings. The van der Waals surface area contributed by atoms with E-state index in [0.29, 0.717) is 43.1 Å². The normalized spacial score (nSPS) is 10.3. The highest BCUT2D eigenvalue weighted by atomic mass is 16.6. The molecule has 3 rings (SSSR count). The van der Waals surface area contributed by atoms with Gasteiger partial charge in [0.1, 0.15) is 11.5 Å². The molecule has 3 aromatic carbocycles. The number of methoxy groups -OCH3 is 1. The van der Waals surface area contributed by atoms with E-state index in [1.807, 2.05) is 12.1 Å². The third-order valence-corrected chi connectivity index (χ3v) is 5.86. The Kier molecular flexibility index (Phi) is 11.8. The molecule has 0 N–H and O–H groups in total. The molecule has 8 nitrogen and oxygen atoms in total. The molecule has 0 radical (unpaired) electrons. The monoisotopic (exact) mass is 546 g/mol. The summed E-state index contributed by atoms with van der Waals surface area (Å²) in [5.74, 6) is -0.160. The van der Waals surface area contributed by atoms with Crippen LogP contribution >= 0.6 is 0 Å². The summed E-state index contributed by atoms with van der Waals surface area (Å²) in [5, 5.41) is 0. The molecule has 0 unspecified atom stereocenters. The highest BCUT2D eigenvalue weighted by molar-refractivity contribution is 5.93. The second kappa shape index (κ2) is 15.7. The highest BCUT2D eigenvalue weighted by Gasteiger charge is 2.17. The number of hydrogen-bond donors (Lipinski definition) is 0. The van der Waals surface area contributed by atoms with Crippen molar-refractivity contribution in [1.29, 1.82) is 0 Å². The van der Waals surface area contributed by atoms with Gasteiger partial charge in [0.2, 0.25) is 0 Å². The number of ether oxygens (including phenoxy) is 5. The highest BCUT2D eigenvalue weighted by Crippen LogP contribution is 2.30. The third kappa shape index (κ3) is 9.31. The fraction of sp³-hybridized carbons (Fsp3) is 0.281. The van der Waals surface area contributed by atoms with Crippen LogP contribution in [0.4, 0.5) is 0 Å². The minimum Gasteiger partial charge on any atom is -0.494 e. The van der Waals surface area contributed by atoms with E-state index in [1.165, 1.54) is 30.9 Å². The molecule has 0 saturated carbocycles. The van der Waals surface area contributed by atoms with Gasteiger partial charge < -0.3 is 23.7 Å². The first kappa shape index (κ1) is 30.0. The van der Waals surface area contributed by atoms with E-state index in [1.54, 1.807) is 36.4 Å². The second-order valence-corrected chi connectivity index (χ2v) is 8.84. The van der Waals surface area contributed by atoms with Crippen LogP contribution in [0.1, 0.15) is 58.9 Å². The van der Waals surface area contributed by atoms with Crippen molar-refractivity contribution in [3.63, 3.8) is 0 Å². The fourth-order valence-corrected chi connectivity index (χ4v) is 3.62. The van der Waals surface area contributed by atoms with Gasteiger partial charge in [0, 0.05) is 6.08 Å². The van der Waals surface area contributed by atoms with Crippen molar-refractivity contribution in [2.24, 2.45) is 0 Å². The summed E-state index contributed by atoms with van der Waals surface area (Å²) in [6, 6.07) is 18.4. The van der Waals surface area contributed by atoms with E-state index < -0.39 is 17.9 Å². The molecule has 8 heteroatoms. The molecule has 0 aliphatic rings. The largest absolute Gasteiger partial charge is 0.494 e. The van der Waals surface area contributed by atoms with Gasteiger partial charge in [-0.25, -0.2) is 14.4 Å². The van der Waals surface area contributed by atoms with Gasteiger partial charge in [0.25, 0.3) is 0 Å². The molecule has 0 atom stereocenters. The maximum atomic E-state index is 12.7. The first-order valence-electron chi connectivity index (χ1n) is 13.2. The van der Waals surface area contributed by atoms with Crippen LogP contribution < -0.4 is 18.9 Å². The number of unbranched alkanes of at least 4 members (excludes halogenated alkanes) is 2. The summed E-state index contributed by atoms with van der Waals surface area (Å²) in [4.78, 5) is 36.4. The fourth-order valence-electron chi connectivity index (χ4n) is 3.62.